The fourth-order valence-corrected chi connectivity index (χ4v) is 2.06. The third-order valence-electron chi connectivity index (χ3n) is 3.27. The third-order valence-corrected chi connectivity index (χ3v) is 3.27. The Bertz CT molecular complexity index is 499. The van der Waals surface area contributed by atoms with Gasteiger partial charge in [-0.2, -0.15) is 0 Å². The number of rotatable bonds is 5. The highest BCUT2D eigenvalue weighted by atomic mass is 16.5. The van der Waals surface area contributed by atoms with Crippen molar-refractivity contribution >= 4 is 23.2 Å². The van der Waals surface area contributed by atoms with E-state index in [1.54, 1.807) is 11.8 Å². The second-order valence-corrected chi connectivity index (χ2v) is 4.83. The summed E-state index contributed by atoms with van der Waals surface area (Å²) in [4.78, 5) is 25.2. The summed E-state index contributed by atoms with van der Waals surface area (Å²) in [7, 11) is 0. The van der Waals surface area contributed by atoms with Crippen LogP contribution in [0.5, 0.6) is 0 Å². The minimum absolute atomic E-state index is 0.0310. The second kappa shape index (κ2) is 7.64. The average molecular weight is 291 g/mol. The summed E-state index contributed by atoms with van der Waals surface area (Å²) in [5, 5.41) is 5.88. The van der Waals surface area contributed by atoms with E-state index in [2.05, 4.69) is 10.6 Å². The highest BCUT2D eigenvalue weighted by Crippen LogP contribution is 2.15. The molecule has 1 fully saturated rings. The molecule has 0 aliphatic carbocycles. The number of morpholine rings is 1. The number of carbonyl (C=O) groups excluding carboxylic acids is 2. The third kappa shape index (κ3) is 4.75. The van der Waals surface area contributed by atoms with Gasteiger partial charge >= 0.3 is 0 Å². The van der Waals surface area contributed by atoms with Gasteiger partial charge in [-0.15, -0.1) is 0 Å². The molecule has 1 heterocycles. The maximum atomic E-state index is 12.0. The molecule has 0 aromatic heterocycles. The second-order valence-electron chi connectivity index (χ2n) is 4.83. The van der Waals surface area contributed by atoms with Crippen molar-refractivity contribution in [2.24, 2.45) is 0 Å². The van der Waals surface area contributed by atoms with Gasteiger partial charge in [-0.1, -0.05) is 13.0 Å². The Morgan fingerprint density at radius 2 is 1.95 bits per heavy atom. The van der Waals surface area contributed by atoms with Gasteiger partial charge in [0.2, 0.25) is 11.8 Å². The van der Waals surface area contributed by atoms with Crippen molar-refractivity contribution < 1.29 is 14.3 Å². The molecular weight excluding hydrogens is 270 g/mol. The van der Waals surface area contributed by atoms with Crippen LogP contribution in [0, 0.1) is 0 Å². The molecule has 2 rings (SSSR count). The Labute approximate surface area is 124 Å². The Kier molecular flexibility index (Phi) is 5.57. The molecular formula is C15H21N3O3. The monoisotopic (exact) mass is 291 g/mol. The maximum Gasteiger partial charge on any atom is 0.242 e. The van der Waals surface area contributed by atoms with Gasteiger partial charge in [0, 0.05) is 30.9 Å². The molecule has 1 saturated heterocycles. The molecule has 1 aromatic rings. The fraction of sp³-hybridized carbons (Fsp3) is 0.467. The number of carbonyl (C=O) groups is 2. The van der Waals surface area contributed by atoms with Crippen LogP contribution in [0.3, 0.4) is 0 Å². The van der Waals surface area contributed by atoms with E-state index in [1.165, 1.54) is 0 Å². The first-order valence-electron chi connectivity index (χ1n) is 7.18. The van der Waals surface area contributed by atoms with Gasteiger partial charge in [0.05, 0.1) is 19.8 Å². The van der Waals surface area contributed by atoms with Crippen LogP contribution in [0.15, 0.2) is 24.3 Å². The van der Waals surface area contributed by atoms with E-state index >= 15 is 0 Å². The Morgan fingerprint density at radius 1 is 1.24 bits per heavy atom. The van der Waals surface area contributed by atoms with E-state index in [0.29, 0.717) is 32.7 Å². The van der Waals surface area contributed by atoms with E-state index in [4.69, 9.17) is 4.74 Å². The molecule has 2 N–H and O–H groups in total. The lowest BCUT2D eigenvalue weighted by molar-refractivity contribution is -0.133. The number of anilines is 2. The van der Waals surface area contributed by atoms with Crippen LogP contribution in [0.25, 0.3) is 0 Å². The van der Waals surface area contributed by atoms with Crippen LogP contribution < -0.4 is 10.6 Å². The molecule has 0 spiro atoms. The Morgan fingerprint density at radius 3 is 2.67 bits per heavy atom. The standard InChI is InChI=1S/C15H21N3O3/c1-2-14(19)17-13-5-3-4-12(10-13)16-11-15(20)18-6-8-21-9-7-18/h3-5,10,16H,2,6-9,11H2,1H3,(H,17,19). The van der Waals surface area contributed by atoms with Crippen molar-refractivity contribution in [2.45, 2.75) is 13.3 Å². The van der Waals surface area contributed by atoms with Gasteiger partial charge < -0.3 is 20.3 Å². The molecule has 21 heavy (non-hydrogen) atoms. The molecule has 6 heteroatoms. The number of benzene rings is 1. The van der Waals surface area contributed by atoms with Crippen LogP contribution in [-0.2, 0) is 14.3 Å². The molecule has 0 radical (unpaired) electrons. The molecule has 2 amide bonds. The molecule has 6 nitrogen and oxygen atoms in total. The maximum absolute atomic E-state index is 12.0. The smallest absolute Gasteiger partial charge is 0.242 e. The first-order valence-corrected chi connectivity index (χ1v) is 7.18. The zero-order chi connectivity index (χ0) is 15.1. The van der Waals surface area contributed by atoms with E-state index in [0.717, 1.165) is 11.4 Å². The number of nitrogens with zero attached hydrogens (tertiary/aromatic N) is 1. The quantitative estimate of drug-likeness (QED) is 0.858. The zero-order valence-corrected chi connectivity index (χ0v) is 12.2. The highest BCUT2D eigenvalue weighted by Gasteiger charge is 2.16. The van der Waals surface area contributed by atoms with E-state index in [-0.39, 0.29) is 18.4 Å². The number of nitrogens with one attached hydrogen (secondary N) is 2. The molecule has 0 saturated carbocycles. The van der Waals surface area contributed by atoms with Crippen molar-refractivity contribution in [3.63, 3.8) is 0 Å². The largest absolute Gasteiger partial charge is 0.378 e. The average Bonchev–Trinajstić information content (AvgIpc) is 2.53. The summed E-state index contributed by atoms with van der Waals surface area (Å²) in [6.45, 7) is 4.54. The number of hydrogen-bond acceptors (Lipinski definition) is 4. The highest BCUT2D eigenvalue weighted by molar-refractivity contribution is 5.91. The van der Waals surface area contributed by atoms with Crippen molar-refractivity contribution in [1.29, 1.82) is 0 Å². The fourth-order valence-electron chi connectivity index (χ4n) is 2.06. The van der Waals surface area contributed by atoms with E-state index < -0.39 is 0 Å². The minimum Gasteiger partial charge on any atom is -0.378 e. The molecule has 1 aromatic carbocycles. The summed E-state index contributed by atoms with van der Waals surface area (Å²) in [5.41, 5.74) is 1.54. The summed E-state index contributed by atoms with van der Waals surface area (Å²) in [6.07, 6.45) is 0.438. The summed E-state index contributed by atoms with van der Waals surface area (Å²) < 4.78 is 5.22. The van der Waals surface area contributed by atoms with Gasteiger partial charge in [-0.05, 0) is 18.2 Å². The SMILES string of the molecule is CCC(=O)Nc1cccc(NCC(=O)N2CCOCC2)c1. The Hall–Kier alpha value is -2.08. The van der Waals surface area contributed by atoms with Crippen LogP contribution >= 0.6 is 0 Å². The number of ether oxygens (including phenoxy) is 1. The van der Waals surface area contributed by atoms with E-state index in [1.807, 2.05) is 24.3 Å². The van der Waals surface area contributed by atoms with Gasteiger partial charge in [0.1, 0.15) is 0 Å². The molecule has 0 bridgehead atoms. The number of hydrogen-bond donors (Lipinski definition) is 2. The molecule has 1 aliphatic heterocycles. The van der Waals surface area contributed by atoms with Crippen molar-refractivity contribution in [3.8, 4) is 0 Å². The predicted octanol–water partition coefficient (Wildman–Crippen LogP) is 1.31. The summed E-state index contributed by atoms with van der Waals surface area (Å²) in [5.74, 6) is 0.0258. The van der Waals surface area contributed by atoms with Gasteiger partial charge in [0.15, 0.2) is 0 Å². The van der Waals surface area contributed by atoms with Crippen molar-refractivity contribution in [1.82, 2.24) is 4.90 Å². The normalized spacial score (nSPS) is 14.6. The molecule has 114 valence electrons. The van der Waals surface area contributed by atoms with E-state index in [9.17, 15) is 9.59 Å². The number of amides is 2. The van der Waals surface area contributed by atoms with Gasteiger partial charge in [0.25, 0.3) is 0 Å². The molecule has 1 aliphatic rings. The predicted molar refractivity (Wildman–Crippen MR) is 81.3 cm³/mol. The van der Waals surface area contributed by atoms with Gasteiger partial charge in [-0.25, -0.2) is 0 Å². The van der Waals surface area contributed by atoms with Crippen molar-refractivity contribution in [3.05, 3.63) is 24.3 Å². The lowest BCUT2D eigenvalue weighted by Crippen LogP contribution is -2.43. The van der Waals surface area contributed by atoms with Gasteiger partial charge in [-0.3, -0.25) is 9.59 Å². The first-order chi connectivity index (χ1) is 10.2. The molecule has 0 unspecified atom stereocenters. The first kappa shape index (κ1) is 15.3. The van der Waals surface area contributed by atoms with Crippen LogP contribution in [0.4, 0.5) is 11.4 Å². The minimum atomic E-state index is -0.0310. The lowest BCUT2D eigenvalue weighted by Gasteiger charge is -2.27. The van der Waals surface area contributed by atoms with Crippen LogP contribution in [0.1, 0.15) is 13.3 Å². The summed E-state index contributed by atoms with van der Waals surface area (Å²) in [6, 6.07) is 7.35. The Balaban J connectivity index is 1.86. The summed E-state index contributed by atoms with van der Waals surface area (Å²) >= 11 is 0. The zero-order valence-electron chi connectivity index (χ0n) is 12.2. The molecule has 0 atom stereocenters. The van der Waals surface area contributed by atoms with Crippen LogP contribution in [-0.4, -0.2) is 49.6 Å². The van der Waals surface area contributed by atoms with Crippen LogP contribution in [0.2, 0.25) is 0 Å². The van der Waals surface area contributed by atoms with Crippen molar-refractivity contribution in [2.75, 3.05) is 43.5 Å². The topological polar surface area (TPSA) is 70.7 Å². The lowest BCUT2D eigenvalue weighted by atomic mass is 10.2.